The number of nitrogens with zero attached hydrogens (tertiary/aromatic N) is 1. The summed E-state index contributed by atoms with van der Waals surface area (Å²) in [7, 11) is 0. The Morgan fingerprint density at radius 1 is 1.50 bits per heavy atom. The van der Waals surface area contributed by atoms with Gasteiger partial charge in [-0.3, -0.25) is 0 Å². The highest BCUT2D eigenvalue weighted by Gasteiger charge is 2.19. The van der Waals surface area contributed by atoms with Crippen molar-refractivity contribution >= 4 is 0 Å². The quantitative estimate of drug-likeness (QED) is 0.588. The van der Waals surface area contributed by atoms with E-state index in [2.05, 4.69) is 6.07 Å². The molecule has 0 fully saturated rings. The minimum atomic E-state index is 0.553. The summed E-state index contributed by atoms with van der Waals surface area (Å²) in [6.45, 7) is 0. The van der Waals surface area contributed by atoms with Crippen molar-refractivity contribution < 1.29 is 4.74 Å². The van der Waals surface area contributed by atoms with E-state index < -0.39 is 0 Å². The van der Waals surface area contributed by atoms with Crippen LogP contribution < -0.4 is 0 Å². The van der Waals surface area contributed by atoms with Gasteiger partial charge in [0.25, 0.3) is 0 Å². The molecule has 1 aliphatic carbocycles. The highest BCUT2D eigenvalue weighted by Crippen LogP contribution is 2.35. The van der Waals surface area contributed by atoms with Crippen LogP contribution in [0.4, 0.5) is 0 Å². The predicted octanol–water partition coefficient (Wildman–Crippen LogP) is 2.42. The number of hydrogen-bond donors (Lipinski definition) is 0. The van der Waals surface area contributed by atoms with Crippen molar-refractivity contribution in [3.63, 3.8) is 0 Å². The van der Waals surface area contributed by atoms with Crippen LogP contribution in [-0.4, -0.2) is 0 Å². The van der Waals surface area contributed by atoms with Gasteiger partial charge in [0.1, 0.15) is 0 Å². The van der Waals surface area contributed by atoms with E-state index in [1.54, 1.807) is 12.5 Å². The third kappa shape index (κ3) is 1.04. The van der Waals surface area contributed by atoms with Gasteiger partial charge in [0.05, 0.1) is 25.0 Å². The van der Waals surface area contributed by atoms with E-state index in [1.807, 2.05) is 6.08 Å². The molecule has 60 valence electrons. The van der Waals surface area contributed by atoms with Crippen LogP contribution in [0.5, 0.6) is 0 Å². The van der Waals surface area contributed by atoms with Gasteiger partial charge in [-0.2, -0.15) is 5.26 Å². The number of fused-ring (bicyclic) bond motifs is 1. The van der Waals surface area contributed by atoms with Crippen molar-refractivity contribution in [2.24, 2.45) is 0 Å². The highest BCUT2D eigenvalue weighted by atomic mass is 16.5. The molecule has 0 bridgehead atoms. The van der Waals surface area contributed by atoms with Gasteiger partial charge in [0, 0.05) is 0 Å². The Hall–Kier alpha value is -1.49. The Bertz CT molecular complexity index is 328. The van der Waals surface area contributed by atoms with Gasteiger partial charge in [0.15, 0.2) is 0 Å². The van der Waals surface area contributed by atoms with Crippen LogP contribution in [0.15, 0.2) is 35.3 Å². The van der Waals surface area contributed by atoms with Crippen molar-refractivity contribution in [3.8, 4) is 6.07 Å². The van der Waals surface area contributed by atoms with Crippen LogP contribution in [-0.2, 0) is 4.74 Å². The zero-order valence-electron chi connectivity index (χ0n) is 6.71. The molecule has 0 radical (unpaired) electrons. The molecule has 0 spiro atoms. The number of nitriles is 1. The lowest BCUT2D eigenvalue weighted by atomic mass is 10.1. The first-order valence-electron chi connectivity index (χ1n) is 4.02. The molecular weight excluding hydrogens is 150 g/mol. The maximum Gasteiger partial charge on any atom is 0.0939 e. The number of ether oxygens (including phenoxy) is 1. The summed E-state index contributed by atoms with van der Waals surface area (Å²) in [6.07, 6.45) is 7.99. The summed E-state index contributed by atoms with van der Waals surface area (Å²) in [5.41, 5.74) is 3.72. The number of hydrogen-bond acceptors (Lipinski definition) is 2. The van der Waals surface area contributed by atoms with Gasteiger partial charge < -0.3 is 4.74 Å². The van der Waals surface area contributed by atoms with E-state index >= 15 is 0 Å². The molecular formula is C10H9NO. The first-order chi connectivity index (χ1) is 5.92. The van der Waals surface area contributed by atoms with Gasteiger partial charge in [-0.25, -0.2) is 0 Å². The molecule has 0 atom stereocenters. The third-order valence-electron chi connectivity index (χ3n) is 2.24. The van der Waals surface area contributed by atoms with Gasteiger partial charge in [-0.05, 0) is 35.6 Å². The zero-order valence-corrected chi connectivity index (χ0v) is 6.71. The first-order valence-corrected chi connectivity index (χ1v) is 4.02. The largest absolute Gasteiger partial charge is 0.472 e. The second kappa shape index (κ2) is 2.86. The molecule has 1 heterocycles. The summed E-state index contributed by atoms with van der Waals surface area (Å²) >= 11 is 0. The van der Waals surface area contributed by atoms with E-state index in [0.29, 0.717) is 6.42 Å². The summed E-state index contributed by atoms with van der Waals surface area (Å²) in [4.78, 5) is 0. The fourth-order valence-corrected chi connectivity index (χ4v) is 1.64. The standard InChI is InChI=1S/C10H9NO/c11-5-3-8-1-2-9-7-12-6-4-10(8)9/h4,6-7H,1-3H2. The predicted molar refractivity (Wildman–Crippen MR) is 44.8 cm³/mol. The maximum absolute atomic E-state index is 8.56. The molecule has 12 heavy (non-hydrogen) atoms. The highest BCUT2D eigenvalue weighted by molar-refractivity contribution is 5.49. The van der Waals surface area contributed by atoms with Crippen LogP contribution in [0.3, 0.4) is 0 Å². The van der Waals surface area contributed by atoms with Crippen molar-refractivity contribution in [2.75, 3.05) is 0 Å². The smallest absolute Gasteiger partial charge is 0.0939 e. The Labute approximate surface area is 71.4 Å². The summed E-state index contributed by atoms with van der Waals surface area (Å²) in [5, 5.41) is 8.56. The van der Waals surface area contributed by atoms with Crippen molar-refractivity contribution in [1.29, 1.82) is 5.26 Å². The van der Waals surface area contributed by atoms with Gasteiger partial charge in [-0.1, -0.05) is 0 Å². The van der Waals surface area contributed by atoms with Gasteiger partial charge >= 0.3 is 0 Å². The number of rotatable bonds is 1. The van der Waals surface area contributed by atoms with E-state index in [9.17, 15) is 0 Å². The molecule has 0 saturated carbocycles. The fraction of sp³-hybridized carbons (Fsp3) is 0.300. The van der Waals surface area contributed by atoms with Crippen LogP contribution in [0.1, 0.15) is 19.3 Å². The van der Waals surface area contributed by atoms with E-state index in [4.69, 9.17) is 10.00 Å². The number of allylic oxidation sites excluding steroid dienone is 4. The van der Waals surface area contributed by atoms with Crippen LogP contribution >= 0.6 is 0 Å². The Morgan fingerprint density at radius 3 is 3.25 bits per heavy atom. The fourth-order valence-electron chi connectivity index (χ4n) is 1.64. The molecule has 0 aromatic rings. The zero-order chi connectivity index (χ0) is 8.39. The van der Waals surface area contributed by atoms with Crippen LogP contribution in [0.2, 0.25) is 0 Å². The molecule has 0 aromatic heterocycles. The maximum atomic E-state index is 8.56. The Balaban J connectivity index is 2.33. The molecule has 1 aliphatic heterocycles. The monoisotopic (exact) mass is 159 g/mol. The molecule has 0 saturated heterocycles. The van der Waals surface area contributed by atoms with Crippen molar-refractivity contribution in [3.05, 3.63) is 35.3 Å². The molecule has 0 N–H and O–H groups in total. The summed E-state index contributed by atoms with van der Waals surface area (Å²) in [5.74, 6) is 0. The summed E-state index contributed by atoms with van der Waals surface area (Å²) < 4.78 is 5.05. The normalized spacial score (nSPS) is 19.8. The SMILES string of the molecule is N#CCC1=C2C=COC=C2CC1. The van der Waals surface area contributed by atoms with E-state index in [1.165, 1.54) is 16.7 Å². The molecule has 2 nitrogen and oxygen atoms in total. The van der Waals surface area contributed by atoms with Gasteiger partial charge in [-0.15, -0.1) is 0 Å². The van der Waals surface area contributed by atoms with Crippen molar-refractivity contribution in [1.82, 2.24) is 0 Å². The van der Waals surface area contributed by atoms with Crippen LogP contribution in [0, 0.1) is 11.3 Å². The molecule has 0 unspecified atom stereocenters. The minimum Gasteiger partial charge on any atom is -0.472 e. The average Bonchev–Trinajstić information content (AvgIpc) is 2.50. The second-order valence-corrected chi connectivity index (χ2v) is 2.93. The third-order valence-corrected chi connectivity index (χ3v) is 2.24. The lowest BCUT2D eigenvalue weighted by molar-refractivity contribution is 0.393. The average molecular weight is 159 g/mol. The Morgan fingerprint density at radius 2 is 2.42 bits per heavy atom. The van der Waals surface area contributed by atoms with Crippen molar-refractivity contribution in [2.45, 2.75) is 19.3 Å². The van der Waals surface area contributed by atoms with Crippen LogP contribution in [0.25, 0.3) is 0 Å². The molecule has 2 heteroatoms. The van der Waals surface area contributed by atoms with Gasteiger partial charge in [0.2, 0.25) is 0 Å². The minimum absolute atomic E-state index is 0.553. The summed E-state index contributed by atoms with van der Waals surface area (Å²) in [6, 6.07) is 2.18. The molecule has 2 aliphatic rings. The second-order valence-electron chi connectivity index (χ2n) is 2.93. The first kappa shape index (κ1) is 7.17. The Kier molecular flexibility index (Phi) is 1.71. The topological polar surface area (TPSA) is 33.0 Å². The molecule has 0 aromatic carbocycles. The lowest BCUT2D eigenvalue weighted by Gasteiger charge is -2.05. The lowest BCUT2D eigenvalue weighted by Crippen LogP contribution is -1.88. The molecule has 0 amide bonds. The van der Waals surface area contributed by atoms with E-state index in [0.717, 1.165) is 12.8 Å². The molecule has 2 rings (SSSR count). The van der Waals surface area contributed by atoms with E-state index in [-0.39, 0.29) is 0 Å².